The van der Waals surface area contributed by atoms with Crippen LogP contribution in [0.3, 0.4) is 0 Å². The minimum Gasteiger partial charge on any atom is -0.454 e. The molecule has 0 saturated carbocycles. The largest absolute Gasteiger partial charge is 0.454 e. The Kier molecular flexibility index (Phi) is 6.96. The van der Waals surface area contributed by atoms with E-state index in [4.69, 9.17) is 15.2 Å². The molecule has 1 aromatic heterocycles. The van der Waals surface area contributed by atoms with Gasteiger partial charge in [0.25, 0.3) is 0 Å². The number of hydrogen-bond donors (Lipinski definition) is 1. The first-order valence-corrected chi connectivity index (χ1v) is 12.4. The van der Waals surface area contributed by atoms with E-state index in [1.54, 1.807) is 18.2 Å². The first-order valence-electron chi connectivity index (χ1n) is 11.0. The minimum atomic E-state index is -3.66. The van der Waals surface area contributed by atoms with E-state index in [1.165, 1.54) is 28.6 Å². The first-order chi connectivity index (χ1) is 16.3. The number of sulfonamides is 1. The number of fused-ring (bicyclic) bond motifs is 1. The van der Waals surface area contributed by atoms with Crippen LogP contribution in [0, 0.1) is 0 Å². The summed E-state index contributed by atoms with van der Waals surface area (Å²) in [5.74, 6) is -0.634. The second kappa shape index (κ2) is 9.92. The van der Waals surface area contributed by atoms with Gasteiger partial charge in [0.15, 0.2) is 0 Å². The number of nitrogens with zero attached hydrogens (tertiary/aromatic N) is 3. The molecule has 0 unspecified atom stereocenters. The lowest BCUT2D eigenvalue weighted by molar-refractivity contribution is 0.0458. The van der Waals surface area contributed by atoms with Gasteiger partial charge in [-0.3, -0.25) is 4.79 Å². The van der Waals surface area contributed by atoms with Crippen LogP contribution in [0.15, 0.2) is 47.4 Å². The highest BCUT2D eigenvalue weighted by atomic mass is 32.2. The Labute approximate surface area is 197 Å². The van der Waals surface area contributed by atoms with Crippen molar-refractivity contribution in [2.45, 2.75) is 31.4 Å². The number of nitrogens with two attached hydrogens (primary N) is 1. The molecule has 0 aliphatic carbocycles. The van der Waals surface area contributed by atoms with Gasteiger partial charge < -0.3 is 19.8 Å². The Morgan fingerprint density at radius 1 is 1.09 bits per heavy atom. The van der Waals surface area contributed by atoms with E-state index in [2.05, 4.69) is 4.98 Å². The van der Waals surface area contributed by atoms with Gasteiger partial charge in [0.05, 0.1) is 34.7 Å². The standard InChI is InChI=1S/C23H26N4O6S/c1-2-9-27-20-8-7-18(34(30,31)26-10-12-32-13-11-26)14-19(20)25-21(27)15-33-23(29)17-5-3-16(4-6-17)22(24)28/h3-8,14H,2,9-13,15H2,1H3,(H2,24,28). The number of benzene rings is 2. The summed E-state index contributed by atoms with van der Waals surface area (Å²) in [6.07, 6.45) is 0.814. The molecular formula is C23H26N4O6S. The van der Waals surface area contributed by atoms with Crippen LogP contribution in [-0.2, 0) is 32.6 Å². The molecule has 1 saturated heterocycles. The maximum absolute atomic E-state index is 13.0. The third kappa shape index (κ3) is 4.81. The van der Waals surface area contributed by atoms with E-state index in [1.807, 2.05) is 11.5 Å². The van der Waals surface area contributed by atoms with Crippen molar-refractivity contribution >= 4 is 32.9 Å². The monoisotopic (exact) mass is 486 g/mol. The summed E-state index contributed by atoms with van der Waals surface area (Å²) in [5.41, 5.74) is 7.08. The zero-order chi connectivity index (χ0) is 24.3. The molecule has 1 aliphatic rings. The topological polar surface area (TPSA) is 134 Å². The smallest absolute Gasteiger partial charge is 0.338 e. The first kappa shape index (κ1) is 23.9. The van der Waals surface area contributed by atoms with Crippen LogP contribution in [0.1, 0.15) is 39.9 Å². The zero-order valence-electron chi connectivity index (χ0n) is 18.8. The van der Waals surface area contributed by atoms with Crippen molar-refractivity contribution in [1.82, 2.24) is 13.9 Å². The van der Waals surface area contributed by atoms with E-state index >= 15 is 0 Å². The fourth-order valence-electron chi connectivity index (χ4n) is 3.82. The average Bonchev–Trinajstić information content (AvgIpc) is 3.20. The van der Waals surface area contributed by atoms with Crippen molar-refractivity contribution in [2.75, 3.05) is 26.3 Å². The average molecular weight is 487 g/mol. The molecule has 1 aliphatic heterocycles. The lowest BCUT2D eigenvalue weighted by Gasteiger charge is -2.26. The van der Waals surface area contributed by atoms with Gasteiger partial charge in [-0.25, -0.2) is 18.2 Å². The Bertz CT molecular complexity index is 1310. The lowest BCUT2D eigenvalue weighted by atomic mass is 10.1. The normalized spacial score (nSPS) is 14.9. The Morgan fingerprint density at radius 3 is 2.41 bits per heavy atom. The van der Waals surface area contributed by atoms with Crippen molar-refractivity contribution in [3.8, 4) is 0 Å². The summed E-state index contributed by atoms with van der Waals surface area (Å²) < 4.78 is 40.1. The second-order valence-corrected chi connectivity index (χ2v) is 9.80. The highest BCUT2D eigenvalue weighted by molar-refractivity contribution is 7.89. The third-order valence-electron chi connectivity index (χ3n) is 5.59. The maximum atomic E-state index is 13.0. The van der Waals surface area contributed by atoms with Crippen LogP contribution in [0.25, 0.3) is 11.0 Å². The third-order valence-corrected chi connectivity index (χ3v) is 7.49. The molecule has 180 valence electrons. The van der Waals surface area contributed by atoms with E-state index < -0.39 is 21.9 Å². The number of aromatic nitrogens is 2. The molecular weight excluding hydrogens is 460 g/mol. The number of esters is 1. The van der Waals surface area contributed by atoms with Crippen LogP contribution >= 0.6 is 0 Å². The SMILES string of the molecule is CCCn1c(COC(=O)c2ccc(C(N)=O)cc2)nc2cc(S(=O)(=O)N3CCOCC3)ccc21. The summed E-state index contributed by atoms with van der Waals surface area (Å²) in [6.45, 7) is 3.92. The van der Waals surface area contributed by atoms with Gasteiger partial charge in [-0.2, -0.15) is 4.31 Å². The van der Waals surface area contributed by atoms with Crippen LogP contribution < -0.4 is 5.73 Å². The molecule has 0 atom stereocenters. The molecule has 34 heavy (non-hydrogen) atoms. The molecule has 4 rings (SSSR count). The molecule has 2 heterocycles. The Hall–Kier alpha value is -3.28. The summed E-state index contributed by atoms with van der Waals surface area (Å²) >= 11 is 0. The molecule has 0 spiro atoms. The quantitative estimate of drug-likeness (QED) is 0.481. The van der Waals surface area contributed by atoms with Gasteiger partial charge in [0.1, 0.15) is 12.4 Å². The molecule has 0 bridgehead atoms. The Morgan fingerprint density at radius 2 is 1.76 bits per heavy atom. The van der Waals surface area contributed by atoms with E-state index in [-0.39, 0.29) is 17.1 Å². The number of imidazole rings is 1. The molecule has 0 radical (unpaired) electrons. The van der Waals surface area contributed by atoms with Crippen molar-refractivity contribution in [1.29, 1.82) is 0 Å². The Balaban J connectivity index is 1.57. The molecule has 2 aromatic carbocycles. The van der Waals surface area contributed by atoms with E-state index in [0.29, 0.717) is 49.8 Å². The van der Waals surface area contributed by atoms with Crippen molar-refractivity contribution in [3.63, 3.8) is 0 Å². The number of carbonyl (C=O) groups is 2. The lowest BCUT2D eigenvalue weighted by Crippen LogP contribution is -2.40. The van der Waals surface area contributed by atoms with Gasteiger partial charge in [0.2, 0.25) is 15.9 Å². The summed E-state index contributed by atoms with van der Waals surface area (Å²) in [7, 11) is -3.66. The predicted molar refractivity (Wildman–Crippen MR) is 124 cm³/mol. The predicted octanol–water partition coefficient (Wildman–Crippen LogP) is 1.92. The second-order valence-electron chi connectivity index (χ2n) is 7.86. The zero-order valence-corrected chi connectivity index (χ0v) is 19.6. The van der Waals surface area contributed by atoms with Gasteiger partial charge in [-0.15, -0.1) is 0 Å². The van der Waals surface area contributed by atoms with Crippen molar-refractivity contribution in [3.05, 3.63) is 59.4 Å². The summed E-state index contributed by atoms with van der Waals surface area (Å²) in [4.78, 5) is 28.4. The van der Waals surface area contributed by atoms with Crippen molar-refractivity contribution in [2.24, 2.45) is 5.73 Å². The highest BCUT2D eigenvalue weighted by Crippen LogP contribution is 2.24. The van der Waals surface area contributed by atoms with Crippen LogP contribution in [0.4, 0.5) is 0 Å². The van der Waals surface area contributed by atoms with Gasteiger partial charge in [-0.05, 0) is 48.9 Å². The number of morpholine rings is 1. The number of ether oxygens (including phenoxy) is 2. The minimum absolute atomic E-state index is 0.0867. The van der Waals surface area contributed by atoms with Gasteiger partial charge in [0, 0.05) is 25.2 Å². The van der Waals surface area contributed by atoms with Gasteiger partial charge >= 0.3 is 5.97 Å². The number of amides is 1. The van der Waals surface area contributed by atoms with E-state index in [0.717, 1.165) is 11.9 Å². The number of hydrogen-bond acceptors (Lipinski definition) is 7. The molecule has 3 aromatic rings. The fourth-order valence-corrected chi connectivity index (χ4v) is 5.25. The van der Waals surface area contributed by atoms with Crippen LogP contribution in [-0.4, -0.2) is 60.5 Å². The molecule has 2 N–H and O–H groups in total. The highest BCUT2D eigenvalue weighted by Gasteiger charge is 2.27. The number of aryl methyl sites for hydroxylation is 1. The molecule has 10 nitrogen and oxygen atoms in total. The number of rotatable bonds is 8. The van der Waals surface area contributed by atoms with Crippen molar-refractivity contribution < 1.29 is 27.5 Å². The van der Waals surface area contributed by atoms with Gasteiger partial charge in [-0.1, -0.05) is 6.92 Å². The number of primary amides is 1. The van der Waals surface area contributed by atoms with Crippen LogP contribution in [0.2, 0.25) is 0 Å². The van der Waals surface area contributed by atoms with Crippen LogP contribution in [0.5, 0.6) is 0 Å². The van der Waals surface area contributed by atoms with E-state index in [9.17, 15) is 18.0 Å². The number of carbonyl (C=O) groups excluding carboxylic acids is 2. The molecule has 11 heteroatoms. The summed E-state index contributed by atoms with van der Waals surface area (Å²) in [6, 6.07) is 10.7. The molecule has 1 amide bonds. The summed E-state index contributed by atoms with van der Waals surface area (Å²) in [5, 5.41) is 0. The fraction of sp³-hybridized carbons (Fsp3) is 0.348. The maximum Gasteiger partial charge on any atom is 0.338 e. The molecule has 1 fully saturated rings.